The Hall–Kier alpha value is -2.74. The van der Waals surface area contributed by atoms with E-state index in [1.165, 1.54) is 6.33 Å². The van der Waals surface area contributed by atoms with Gasteiger partial charge in [0.25, 0.3) is 0 Å². The minimum atomic E-state index is 0.247. The zero-order valence-corrected chi connectivity index (χ0v) is 15.2. The van der Waals surface area contributed by atoms with Crippen LogP contribution in [-0.4, -0.2) is 50.6 Å². The molecule has 8 heteroatoms. The third-order valence-electron chi connectivity index (χ3n) is 4.14. The van der Waals surface area contributed by atoms with E-state index in [4.69, 9.17) is 18.9 Å². The maximum Gasteiger partial charge on any atom is 0.203 e. The van der Waals surface area contributed by atoms with Crippen molar-refractivity contribution >= 4 is 17.3 Å². The predicted octanol–water partition coefficient (Wildman–Crippen LogP) is 2.84. The summed E-state index contributed by atoms with van der Waals surface area (Å²) in [6, 6.07) is 5.49. The average molecular weight is 360 g/mol. The number of benzene rings is 1. The number of nitrogens with one attached hydrogen (secondary N) is 2. The fourth-order valence-corrected chi connectivity index (χ4v) is 2.85. The molecule has 1 fully saturated rings. The molecule has 0 radical (unpaired) electrons. The summed E-state index contributed by atoms with van der Waals surface area (Å²) in [5, 5.41) is 6.53. The molecule has 1 saturated heterocycles. The van der Waals surface area contributed by atoms with Gasteiger partial charge in [-0.2, -0.15) is 0 Å². The lowest BCUT2D eigenvalue weighted by molar-refractivity contribution is 0.120. The van der Waals surface area contributed by atoms with Crippen LogP contribution in [0.4, 0.5) is 17.3 Å². The molecule has 2 N–H and O–H groups in total. The second-order valence-electron chi connectivity index (χ2n) is 5.84. The van der Waals surface area contributed by atoms with Crippen LogP contribution < -0.4 is 24.8 Å². The van der Waals surface area contributed by atoms with Crippen LogP contribution in [0.15, 0.2) is 24.5 Å². The molecular weight excluding hydrogens is 336 g/mol. The third kappa shape index (κ3) is 4.26. The highest BCUT2D eigenvalue weighted by Gasteiger charge is 2.16. The second kappa shape index (κ2) is 8.57. The van der Waals surface area contributed by atoms with E-state index in [0.717, 1.165) is 37.5 Å². The second-order valence-corrected chi connectivity index (χ2v) is 5.84. The number of anilines is 3. The summed E-state index contributed by atoms with van der Waals surface area (Å²) in [6.45, 7) is 1.57. The van der Waals surface area contributed by atoms with E-state index in [1.807, 2.05) is 18.2 Å². The Morgan fingerprint density at radius 2 is 1.77 bits per heavy atom. The molecule has 1 aromatic carbocycles. The molecule has 0 spiro atoms. The van der Waals surface area contributed by atoms with Gasteiger partial charge in [-0.3, -0.25) is 0 Å². The highest BCUT2D eigenvalue weighted by molar-refractivity contribution is 5.67. The zero-order chi connectivity index (χ0) is 18.4. The van der Waals surface area contributed by atoms with Crippen LogP contribution in [-0.2, 0) is 4.74 Å². The van der Waals surface area contributed by atoms with E-state index in [-0.39, 0.29) is 6.10 Å². The van der Waals surface area contributed by atoms with Gasteiger partial charge in [-0.25, -0.2) is 9.97 Å². The maximum atomic E-state index is 5.61. The van der Waals surface area contributed by atoms with E-state index in [9.17, 15) is 0 Å². The largest absolute Gasteiger partial charge is 0.493 e. The van der Waals surface area contributed by atoms with Crippen molar-refractivity contribution in [2.75, 3.05) is 45.1 Å². The minimum Gasteiger partial charge on any atom is -0.493 e. The van der Waals surface area contributed by atoms with Crippen molar-refractivity contribution in [3.05, 3.63) is 24.5 Å². The van der Waals surface area contributed by atoms with Crippen LogP contribution in [0.25, 0.3) is 0 Å². The molecule has 0 aliphatic carbocycles. The van der Waals surface area contributed by atoms with Gasteiger partial charge in [0, 0.05) is 37.0 Å². The molecular formula is C18H24N4O4. The SMILES string of the molecule is COc1cc(Nc2cc(NCC3CCCO3)ncn2)cc(OC)c1OC. The molecule has 0 amide bonds. The monoisotopic (exact) mass is 360 g/mol. The Morgan fingerprint density at radius 1 is 1.04 bits per heavy atom. The first-order chi connectivity index (χ1) is 12.7. The quantitative estimate of drug-likeness (QED) is 0.743. The Balaban J connectivity index is 1.73. The topological polar surface area (TPSA) is 86.8 Å². The first-order valence-corrected chi connectivity index (χ1v) is 8.48. The van der Waals surface area contributed by atoms with Crippen LogP contribution in [0, 0.1) is 0 Å². The molecule has 2 aromatic rings. The summed E-state index contributed by atoms with van der Waals surface area (Å²) in [5.41, 5.74) is 0.767. The number of nitrogens with zero attached hydrogens (tertiary/aromatic N) is 2. The summed E-state index contributed by atoms with van der Waals surface area (Å²) in [4.78, 5) is 8.51. The minimum absolute atomic E-state index is 0.247. The van der Waals surface area contributed by atoms with Crippen molar-refractivity contribution in [2.24, 2.45) is 0 Å². The lowest BCUT2D eigenvalue weighted by Gasteiger charge is -2.15. The van der Waals surface area contributed by atoms with Crippen molar-refractivity contribution in [1.29, 1.82) is 0 Å². The summed E-state index contributed by atoms with van der Waals surface area (Å²) >= 11 is 0. The Labute approximate surface area is 152 Å². The lowest BCUT2D eigenvalue weighted by Crippen LogP contribution is -2.19. The van der Waals surface area contributed by atoms with Gasteiger partial charge in [-0.1, -0.05) is 0 Å². The van der Waals surface area contributed by atoms with Gasteiger partial charge in [0.05, 0.1) is 27.4 Å². The Kier molecular flexibility index (Phi) is 5.96. The molecule has 3 rings (SSSR count). The average Bonchev–Trinajstić information content (AvgIpc) is 3.19. The number of hydrogen-bond donors (Lipinski definition) is 2. The van der Waals surface area contributed by atoms with Crippen LogP contribution in [0.3, 0.4) is 0 Å². The number of aromatic nitrogens is 2. The lowest BCUT2D eigenvalue weighted by atomic mass is 10.2. The highest BCUT2D eigenvalue weighted by Crippen LogP contribution is 2.40. The third-order valence-corrected chi connectivity index (χ3v) is 4.14. The molecule has 8 nitrogen and oxygen atoms in total. The van der Waals surface area contributed by atoms with Gasteiger partial charge >= 0.3 is 0 Å². The van der Waals surface area contributed by atoms with Gasteiger partial charge in [0.2, 0.25) is 5.75 Å². The molecule has 0 saturated carbocycles. The van der Waals surface area contributed by atoms with Gasteiger partial charge in [-0.15, -0.1) is 0 Å². The van der Waals surface area contributed by atoms with Crippen molar-refractivity contribution in [3.8, 4) is 17.2 Å². The van der Waals surface area contributed by atoms with Gasteiger partial charge in [-0.05, 0) is 12.8 Å². The highest BCUT2D eigenvalue weighted by atomic mass is 16.5. The molecule has 1 atom stereocenters. The van der Waals surface area contributed by atoms with Gasteiger partial charge in [0.1, 0.15) is 18.0 Å². The normalized spacial score (nSPS) is 16.2. The number of methoxy groups -OCH3 is 3. The Morgan fingerprint density at radius 3 is 2.38 bits per heavy atom. The molecule has 2 heterocycles. The predicted molar refractivity (Wildman–Crippen MR) is 98.9 cm³/mol. The summed E-state index contributed by atoms with van der Waals surface area (Å²) in [6.07, 6.45) is 3.95. The van der Waals surface area contributed by atoms with E-state index in [0.29, 0.717) is 23.1 Å². The Bertz CT molecular complexity index is 710. The number of ether oxygens (including phenoxy) is 4. The molecule has 1 aliphatic rings. The maximum absolute atomic E-state index is 5.61. The summed E-state index contributed by atoms with van der Waals surface area (Å²) in [5.74, 6) is 3.08. The molecule has 1 unspecified atom stereocenters. The van der Waals surface area contributed by atoms with Crippen LogP contribution in [0.2, 0.25) is 0 Å². The standard InChI is InChI=1S/C18H24N4O4/c1-23-14-7-12(8-15(24-2)18(14)25-3)22-17-9-16(20-11-21-17)19-10-13-5-4-6-26-13/h7-9,11,13H,4-6,10H2,1-3H3,(H2,19,20,21,22). The first-order valence-electron chi connectivity index (χ1n) is 8.48. The van der Waals surface area contributed by atoms with E-state index < -0.39 is 0 Å². The van der Waals surface area contributed by atoms with Crippen molar-refractivity contribution in [2.45, 2.75) is 18.9 Å². The molecule has 26 heavy (non-hydrogen) atoms. The molecule has 140 valence electrons. The molecule has 0 bridgehead atoms. The fourth-order valence-electron chi connectivity index (χ4n) is 2.85. The van der Waals surface area contributed by atoms with Crippen LogP contribution >= 0.6 is 0 Å². The van der Waals surface area contributed by atoms with Crippen LogP contribution in [0.1, 0.15) is 12.8 Å². The zero-order valence-electron chi connectivity index (χ0n) is 15.2. The van der Waals surface area contributed by atoms with Crippen LogP contribution in [0.5, 0.6) is 17.2 Å². The van der Waals surface area contributed by atoms with Gasteiger partial charge < -0.3 is 29.6 Å². The van der Waals surface area contributed by atoms with E-state index in [1.54, 1.807) is 21.3 Å². The number of rotatable bonds is 8. The van der Waals surface area contributed by atoms with Crippen molar-refractivity contribution < 1.29 is 18.9 Å². The van der Waals surface area contributed by atoms with Crippen molar-refractivity contribution in [3.63, 3.8) is 0 Å². The van der Waals surface area contributed by atoms with Crippen molar-refractivity contribution in [1.82, 2.24) is 9.97 Å². The fraction of sp³-hybridized carbons (Fsp3) is 0.444. The first kappa shape index (κ1) is 18.1. The number of hydrogen-bond acceptors (Lipinski definition) is 8. The van der Waals surface area contributed by atoms with E-state index >= 15 is 0 Å². The summed E-state index contributed by atoms with van der Waals surface area (Å²) < 4.78 is 21.7. The molecule has 1 aromatic heterocycles. The van der Waals surface area contributed by atoms with Gasteiger partial charge in [0.15, 0.2) is 11.5 Å². The molecule has 1 aliphatic heterocycles. The summed E-state index contributed by atoms with van der Waals surface area (Å²) in [7, 11) is 4.74. The smallest absolute Gasteiger partial charge is 0.203 e. The van der Waals surface area contributed by atoms with E-state index in [2.05, 4.69) is 20.6 Å².